The average molecular weight is 416 g/mol. The number of aromatic nitrogens is 2. The predicted octanol–water partition coefficient (Wildman–Crippen LogP) is 3.48. The highest BCUT2D eigenvalue weighted by Gasteiger charge is 2.20. The molecule has 2 aromatic carbocycles. The van der Waals surface area contributed by atoms with Crippen LogP contribution in [0.2, 0.25) is 5.02 Å². The van der Waals surface area contributed by atoms with E-state index in [2.05, 4.69) is 5.10 Å². The zero-order chi connectivity index (χ0) is 21.0. The molecule has 0 aliphatic rings. The number of amides is 1. The minimum absolute atomic E-state index is 0.0632. The Bertz CT molecular complexity index is 1100. The van der Waals surface area contributed by atoms with Crippen molar-refractivity contribution in [1.82, 2.24) is 14.7 Å². The van der Waals surface area contributed by atoms with Crippen molar-refractivity contribution < 1.29 is 13.9 Å². The molecular weight excluding hydrogens is 397 g/mol. The number of ether oxygens (including phenoxy) is 1. The quantitative estimate of drug-likeness (QED) is 0.618. The largest absolute Gasteiger partial charge is 0.489 e. The molecule has 0 saturated heterocycles. The molecule has 0 atom stereocenters. The lowest BCUT2D eigenvalue weighted by molar-refractivity contribution is 0.0763. The molecule has 29 heavy (non-hydrogen) atoms. The molecule has 3 aromatic rings. The van der Waals surface area contributed by atoms with Gasteiger partial charge in [-0.3, -0.25) is 9.59 Å². The van der Waals surface area contributed by atoms with Crippen LogP contribution in [0.3, 0.4) is 0 Å². The molecule has 0 bridgehead atoms. The molecule has 0 aliphatic carbocycles. The van der Waals surface area contributed by atoms with E-state index in [0.717, 1.165) is 0 Å². The summed E-state index contributed by atoms with van der Waals surface area (Å²) >= 11 is 6.22. The minimum Gasteiger partial charge on any atom is -0.489 e. The number of para-hydroxylation sites is 2. The van der Waals surface area contributed by atoms with Crippen molar-refractivity contribution in [3.05, 3.63) is 87.0 Å². The molecule has 1 amide bonds. The number of nitrogens with zero attached hydrogens (tertiary/aromatic N) is 3. The highest BCUT2D eigenvalue weighted by atomic mass is 35.5. The van der Waals surface area contributed by atoms with Gasteiger partial charge >= 0.3 is 0 Å². The summed E-state index contributed by atoms with van der Waals surface area (Å²) < 4.78 is 20.4. The zero-order valence-electron chi connectivity index (χ0n) is 15.9. The summed E-state index contributed by atoms with van der Waals surface area (Å²) in [4.78, 5) is 26.4. The summed E-state index contributed by atoms with van der Waals surface area (Å²) in [6, 6.07) is 14.3. The van der Waals surface area contributed by atoms with Gasteiger partial charge in [0, 0.05) is 18.8 Å². The molecule has 0 aliphatic heterocycles. The maximum Gasteiger partial charge on any atom is 0.278 e. The van der Waals surface area contributed by atoms with Crippen LogP contribution in [0.4, 0.5) is 4.39 Å². The SMILES string of the molecule is Cc1cc(=O)c(C(=O)N(C)CCOc2ccccc2F)nn1-c1ccccc1Cl. The highest BCUT2D eigenvalue weighted by Crippen LogP contribution is 2.20. The van der Waals surface area contributed by atoms with Gasteiger partial charge in [-0.1, -0.05) is 35.9 Å². The van der Waals surface area contributed by atoms with Crippen molar-refractivity contribution >= 4 is 17.5 Å². The van der Waals surface area contributed by atoms with E-state index < -0.39 is 17.2 Å². The van der Waals surface area contributed by atoms with Crippen LogP contribution in [0, 0.1) is 12.7 Å². The van der Waals surface area contributed by atoms with Crippen molar-refractivity contribution in [2.24, 2.45) is 0 Å². The topological polar surface area (TPSA) is 64.4 Å². The van der Waals surface area contributed by atoms with Gasteiger partial charge < -0.3 is 9.64 Å². The minimum atomic E-state index is -0.562. The van der Waals surface area contributed by atoms with E-state index in [1.165, 1.54) is 34.8 Å². The summed E-state index contributed by atoms with van der Waals surface area (Å²) in [5.41, 5.74) is 0.387. The molecule has 150 valence electrons. The van der Waals surface area contributed by atoms with Crippen molar-refractivity contribution in [1.29, 1.82) is 0 Å². The third-order valence-electron chi connectivity index (χ3n) is 4.26. The van der Waals surface area contributed by atoms with Crippen LogP contribution in [0.5, 0.6) is 5.75 Å². The first kappa shape index (κ1) is 20.5. The number of hydrogen-bond donors (Lipinski definition) is 0. The van der Waals surface area contributed by atoms with E-state index in [4.69, 9.17) is 16.3 Å². The highest BCUT2D eigenvalue weighted by molar-refractivity contribution is 6.32. The van der Waals surface area contributed by atoms with Crippen molar-refractivity contribution in [3.8, 4) is 11.4 Å². The Labute approximate surface area is 172 Å². The smallest absolute Gasteiger partial charge is 0.278 e. The Morgan fingerprint density at radius 2 is 1.90 bits per heavy atom. The fraction of sp³-hybridized carbons (Fsp3) is 0.190. The van der Waals surface area contributed by atoms with Gasteiger partial charge in [-0.05, 0) is 31.2 Å². The number of benzene rings is 2. The molecule has 1 heterocycles. The predicted molar refractivity (Wildman–Crippen MR) is 108 cm³/mol. The number of likely N-dealkylation sites (N-methyl/N-ethyl adjacent to an activating group) is 1. The van der Waals surface area contributed by atoms with E-state index in [-0.39, 0.29) is 24.6 Å². The Kier molecular flexibility index (Phi) is 6.29. The molecule has 0 N–H and O–H groups in total. The van der Waals surface area contributed by atoms with Crippen molar-refractivity contribution in [2.45, 2.75) is 6.92 Å². The molecule has 0 spiro atoms. The van der Waals surface area contributed by atoms with Gasteiger partial charge in [0.1, 0.15) is 6.61 Å². The van der Waals surface area contributed by atoms with Gasteiger partial charge in [0.15, 0.2) is 17.3 Å². The molecule has 8 heteroatoms. The summed E-state index contributed by atoms with van der Waals surface area (Å²) in [5.74, 6) is -0.944. The third kappa shape index (κ3) is 4.63. The van der Waals surface area contributed by atoms with Crippen LogP contribution in [-0.2, 0) is 0 Å². The number of carbonyl (C=O) groups is 1. The molecular formula is C21H19ClFN3O3. The van der Waals surface area contributed by atoms with E-state index >= 15 is 0 Å². The number of aryl methyl sites for hydroxylation is 1. The first-order chi connectivity index (χ1) is 13.9. The van der Waals surface area contributed by atoms with Gasteiger partial charge in [0.05, 0.1) is 17.3 Å². The second-order valence-electron chi connectivity index (χ2n) is 6.37. The molecule has 6 nitrogen and oxygen atoms in total. The Hall–Kier alpha value is -3.19. The van der Waals surface area contributed by atoms with Crippen LogP contribution in [0.1, 0.15) is 16.2 Å². The number of carbonyl (C=O) groups excluding carboxylic acids is 1. The molecule has 1 aromatic heterocycles. The second kappa shape index (κ2) is 8.87. The van der Waals surface area contributed by atoms with Crippen molar-refractivity contribution in [2.75, 3.05) is 20.2 Å². The lowest BCUT2D eigenvalue weighted by Crippen LogP contribution is -2.36. The number of halogens is 2. The zero-order valence-corrected chi connectivity index (χ0v) is 16.7. The molecule has 0 radical (unpaired) electrons. The molecule has 3 rings (SSSR count). The standard InChI is InChI=1S/C21H19ClFN3O3/c1-14-13-18(27)20(24-26(14)17-9-5-3-7-15(17)22)21(28)25(2)11-12-29-19-10-6-4-8-16(19)23/h3-10,13H,11-12H2,1-2H3. The fourth-order valence-electron chi connectivity index (χ4n) is 2.70. The second-order valence-corrected chi connectivity index (χ2v) is 6.77. The fourth-order valence-corrected chi connectivity index (χ4v) is 2.92. The van der Waals surface area contributed by atoms with Gasteiger partial charge in [-0.15, -0.1) is 0 Å². The Morgan fingerprint density at radius 1 is 1.21 bits per heavy atom. The lowest BCUT2D eigenvalue weighted by Gasteiger charge is -2.18. The van der Waals surface area contributed by atoms with E-state index in [1.54, 1.807) is 43.3 Å². The lowest BCUT2D eigenvalue weighted by atomic mass is 10.2. The van der Waals surface area contributed by atoms with Crippen LogP contribution < -0.4 is 10.2 Å². The molecule has 0 unspecified atom stereocenters. The van der Waals surface area contributed by atoms with Crippen LogP contribution in [0.25, 0.3) is 5.69 Å². The van der Waals surface area contributed by atoms with Gasteiger partial charge in [-0.25, -0.2) is 9.07 Å². The molecule has 0 fully saturated rings. The van der Waals surface area contributed by atoms with Gasteiger partial charge in [-0.2, -0.15) is 5.10 Å². The Morgan fingerprint density at radius 3 is 2.62 bits per heavy atom. The van der Waals surface area contributed by atoms with Gasteiger partial charge in [0.2, 0.25) is 5.43 Å². The van der Waals surface area contributed by atoms with Crippen molar-refractivity contribution in [3.63, 3.8) is 0 Å². The van der Waals surface area contributed by atoms with Crippen LogP contribution in [0.15, 0.2) is 59.4 Å². The first-order valence-corrected chi connectivity index (χ1v) is 9.25. The summed E-state index contributed by atoms with van der Waals surface area (Å²) in [6.45, 7) is 1.92. The maximum atomic E-state index is 13.6. The van der Waals surface area contributed by atoms with Gasteiger partial charge in [0.25, 0.3) is 5.91 Å². The third-order valence-corrected chi connectivity index (χ3v) is 4.58. The average Bonchev–Trinajstić information content (AvgIpc) is 2.70. The first-order valence-electron chi connectivity index (χ1n) is 8.87. The maximum absolute atomic E-state index is 13.6. The van der Waals surface area contributed by atoms with Crippen LogP contribution >= 0.6 is 11.6 Å². The van der Waals surface area contributed by atoms with E-state index in [9.17, 15) is 14.0 Å². The monoisotopic (exact) mass is 415 g/mol. The van der Waals surface area contributed by atoms with E-state index in [0.29, 0.717) is 16.4 Å². The summed E-state index contributed by atoms with van der Waals surface area (Å²) in [6.07, 6.45) is 0. The molecule has 0 saturated carbocycles. The summed E-state index contributed by atoms with van der Waals surface area (Å²) in [5, 5.41) is 4.67. The van der Waals surface area contributed by atoms with E-state index in [1.807, 2.05) is 0 Å². The number of rotatable bonds is 6. The number of hydrogen-bond acceptors (Lipinski definition) is 4. The summed E-state index contributed by atoms with van der Waals surface area (Å²) in [7, 11) is 1.52. The normalized spacial score (nSPS) is 10.6. The Balaban J connectivity index is 1.78. The van der Waals surface area contributed by atoms with Crippen LogP contribution in [-0.4, -0.2) is 40.8 Å².